The SMILES string of the molecule is COc1ccc2c(c1)CC1N(C(=O)OC(C)(C)C)CCC2(C)C1(C)C. The van der Waals surface area contributed by atoms with E-state index in [1.165, 1.54) is 11.1 Å². The first-order valence-corrected chi connectivity index (χ1v) is 9.16. The molecule has 1 fully saturated rings. The minimum absolute atomic E-state index is 0.0241. The second kappa shape index (κ2) is 5.65. The van der Waals surface area contributed by atoms with Crippen molar-refractivity contribution in [3.63, 3.8) is 0 Å². The molecule has 2 unspecified atom stereocenters. The summed E-state index contributed by atoms with van der Waals surface area (Å²) in [6.45, 7) is 13.4. The number of ether oxygens (including phenoxy) is 2. The molecular weight excluding hydrogens is 314 g/mol. The van der Waals surface area contributed by atoms with E-state index >= 15 is 0 Å². The lowest BCUT2D eigenvalue weighted by Crippen LogP contribution is -2.65. The van der Waals surface area contributed by atoms with Crippen molar-refractivity contribution >= 4 is 6.09 Å². The average molecular weight is 345 g/mol. The number of fused-ring (bicyclic) bond motifs is 4. The minimum atomic E-state index is -0.474. The summed E-state index contributed by atoms with van der Waals surface area (Å²) < 4.78 is 11.1. The number of hydrogen-bond donors (Lipinski definition) is 0. The molecule has 2 atom stereocenters. The van der Waals surface area contributed by atoms with Crippen LogP contribution in [0, 0.1) is 5.41 Å². The van der Waals surface area contributed by atoms with Gasteiger partial charge in [0.2, 0.25) is 0 Å². The predicted octanol–water partition coefficient (Wildman–Crippen LogP) is 4.54. The second-order valence-electron chi connectivity index (χ2n) is 9.22. The summed E-state index contributed by atoms with van der Waals surface area (Å²) >= 11 is 0. The van der Waals surface area contributed by atoms with Gasteiger partial charge < -0.3 is 14.4 Å². The molecule has 0 saturated carbocycles. The topological polar surface area (TPSA) is 38.8 Å². The number of rotatable bonds is 1. The molecule has 3 rings (SSSR count). The number of methoxy groups -OCH3 is 1. The van der Waals surface area contributed by atoms with Crippen LogP contribution >= 0.6 is 0 Å². The Morgan fingerprint density at radius 3 is 2.52 bits per heavy atom. The van der Waals surface area contributed by atoms with Crippen molar-refractivity contribution in [3.8, 4) is 5.75 Å². The van der Waals surface area contributed by atoms with Gasteiger partial charge in [-0.15, -0.1) is 0 Å². The standard InChI is InChI=1S/C21H31NO3/c1-19(2,3)25-18(23)22-11-10-21(6)16-9-8-15(24-7)12-14(16)13-17(22)20(21,4)5/h8-9,12,17H,10-11,13H2,1-7H3. The number of hydrogen-bond acceptors (Lipinski definition) is 3. The molecule has 0 spiro atoms. The van der Waals surface area contributed by atoms with Crippen molar-refractivity contribution in [1.29, 1.82) is 0 Å². The van der Waals surface area contributed by atoms with Crippen LogP contribution in [0.5, 0.6) is 5.75 Å². The van der Waals surface area contributed by atoms with Crippen molar-refractivity contribution in [2.24, 2.45) is 5.41 Å². The molecule has 1 amide bonds. The van der Waals surface area contributed by atoms with Gasteiger partial charge in [0.05, 0.1) is 7.11 Å². The number of likely N-dealkylation sites (tertiary alicyclic amines) is 1. The van der Waals surface area contributed by atoms with Crippen LogP contribution in [0.2, 0.25) is 0 Å². The summed E-state index contributed by atoms with van der Waals surface area (Å²) in [5.41, 5.74) is 2.23. The molecule has 1 aromatic carbocycles. The van der Waals surface area contributed by atoms with Gasteiger partial charge in [-0.3, -0.25) is 0 Å². The molecule has 2 bridgehead atoms. The fraction of sp³-hybridized carbons (Fsp3) is 0.667. The van der Waals surface area contributed by atoms with Gasteiger partial charge in [0.25, 0.3) is 0 Å². The summed E-state index contributed by atoms with van der Waals surface area (Å²) in [4.78, 5) is 14.8. The molecule has 1 aliphatic carbocycles. The predicted molar refractivity (Wildman–Crippen MR) is 99.2 cm³/mol. The summed E-state index contributed by atoms with van der Waals surface area (Å²) in [5.74, 6) is 0.879. The molecule has 0 radical (unpaired) electrons. The fourth-order valence-electron chi connectivity index (χ4n) is 4.58. The Bertz CT molecular complexity index is 689. The summed E-state index contributed by atoms with van der Waals surface area (Å²) in [5, 5.41) is 0. The van der Waals surface area contributed by atoms with E-state index in [0.29, 0.717) is 0 Å². The summed E-state index contributed by atoms with van der Waals surface area (Å²) in [7, 11) is 1.70. The average Bonchev–Trinajstić information content (AvgIpc) is 2.48. The van der Waals surface area contributed by atoms with Crippen molar-refractivity contribution in [3.05, 3.63) is 29.3 Å². The van der Waals surface area contributed by atoms with Gasteiger partial charge in [0.15, 0.2) is 0 Å². The Hall–Kier alpha value is -1.71. The number of amides is 1. The van der Waals surface area contributed by atoms with Crippen LogP contribution < -0.4 is 4.74 Å². The van der Waals surface area contributed by atoms with Crippen LogP contribution in [0.1, 0.15) is 59.1 Å². The Labute approximate surface area is 151 Å². The van der Waals surface area contributed by atoms with Crippen LogP contribution in [0.25, 0.3) is 0 Å². The van der Waals surface area contributed by atoms with Crippen LogP contribution in [-0.4, -0.2) is 36.3 Å². The lowest BCUT2D eigenvalue weighted by molar-refractivity contribution is -0.0521. The maximum atomic E-state index is 12.8. The van der Waals surface area contributed by atoms with Crippen molar-refractivity contribution < 1.29 is 14.3 Å². The third-order valence-electron chi connectivity index (χ3n) is 6.43. The smallest absolute Gasteiger partial charge is 0.410 e. The second-order valence-corrected chi connectivity index (χ2v) is 9.22. The monoisotopic (exact) mass is 345 g/mol. The number of carbonyl (C=O) groups is 1. The first kappa shape index (κ1) is 18.1. The Balaban J connectivity index is 2.01. The molecule has 4 nitrogen and oxygen atoms in total. The third kappa shape index (κ3) is 2.80. The number of benzene rings is 1. The van der Waals surface area contributed by atoms with E-state index in [9.17, 15) is 4.79 Å². The van der Waals surface area contributed by atoms with E-state index in [2.05, 4.69) is 39.0 Å². The first-order chi connectivity index (χ1) is 11.5. The molecule has 25 heavy (non-hydrogen) atoms. The van der Waals surface area contributed by atoms with Gasteiger partial charge in [0, 0.05) is 18.0 Å². The molecule has 0 N–H and O–H groups in total. The zero-order valence-electron chi connectivity index (χ0n) is 16.6. The van der Waals surface area contributed by atoms with Crippen molar-refractivity contribution in [2.45, 2.75) is 71.4 Å². The zero-order valence-corrected chi connectivity index (χ0v) is 16.6. The van der Waals surface area contributed by atoms with Gasteiger partial charge in [0.1, 0.15) is 11.4 Å². The normalized spacial score (nSPS) is 27.5. The minimum Gasteiger partial charge on any atom is -0.497 e. The highest BCUT2D eigenvalue weighted by atomic mass is 16.6. The van der Waals surface area contributed by atoms with E-state index < -0.39 is 5.60 Å². The Morgan fingerprint density at radius 1 is 1.24 bits per heavy atom. The molecule has 1 aliphatic heterocycles. The maximum Gasteiger partial charge on any atom is 0.410 e. The van der Waals surface area contributed by atoms with Crippen LogP contribution in [0.15, 0.2) is 18.2 Å². The maximum absolute atomic E-state index is 12.8. The quantitative estimate of drug-likeness (QED) is 0.750. The fourth-order valence-corrected chi connectivity index (χ4v) is 4.58. The molecule has 1 aromatic rings. The van der Waals surface area contributed by atoms with Crippen LogP contribution in [-0.2, 0) is 16.6 Å². The van der Waals surface area contributed by atoms with Gasteiger partial charge >= 0.3 is 6.09 Å². The van der Waals surface area contributed by atoms with E-state index in [1.54, 1.807) is 7.11 Å². The highest BCUT2D eigenvalue weighted by molar-refractivity contribution is 5.69. The Kier molecular flexibility index (Phi) is 4.09. The molecular formula is C21H31NO3. The van der Waals surface area contributed by atoms with E-state index in [1.807, 2.05) is 25.7 Å². The zero-order chi connectivity index (χ0) is 18.6. The van der Waals surface area contributed by atoms with E-state index in [-0.39, 0.29) is 23.0 Å². The van der Waals surface area contributed by atoms with Gasteiger partial charge in [-0.05, 0) is 62.3 Å². The third-order valence-corrected chi connectivity index (χ3v) is 6.43. The van der Waals surface area contributed by atoms with E-state index in [4.69, 9.17) is 9.47 Å². The highest BCUT2D eigenvalue weighted by Crippen LogP contribution is 2.56. The largest absolute Gasteiger partial charge is 0.497 e. The molecule has 2 aliphatic rings. The first-order valence-electron chi connectivity index (χ1n) is 9.16. The van der Waals surface area contributed by atoms with Crippen LogP contribution in [0.3, 0.4) is 0 Å². The van der Waals surface area contributed by atoms with Gasteiger partial charge in [-0.1, -0.05) is 26.8 Å². The number of piperidine rings is 1. The van der Waals surface area contributed by atoms with E-state index in [0.717, 1.165) is 25.1 Å². The van der Waals surface area contributed by atoms with Gasteiger partial charge in [-0.2, -0.15) is 0 Å². The molecule has 4 heteroatoms. The number of nitrogens with zero attached hydrogens (tertiary/aromatic N) is 1. The van der Waals surface area contributed by atoms with Crippen molar-refractivity contribution in [2.75, 3.05) is 13.7 Å². The molecule has 0 aromatic heterocycles. The summed E-state index contributed by atoms with van der Waals surface area (Å²) in [6.07, 6.45) is 1.59. The van der Waals surface area contributed by atoms with Gasteiger partial charge in [-0.25, -0.2) is 4.79 Å². The van der Waals surface area contributed by atoms with Crippen LogP contribution in [0.4, 0.5) is 4.79 Å². The molecule has 1 heterocycles. The number of carbonyl (C=O) groups excluding carboxylic acids is 1. The molecule has 138 valence electrons. The lowest BCUT2D eigenvalue weighted by atomic mass is 9.51. The lowest BCUT2D eigenvalue weighted by Gasteiger charge is -2.60. The van der Waals surface area contributed by atoms with Crippen molar-refractivity contribution in [1.82, 2.24) is 4.90 Å². The highest BCUT2D eigenvalue weighted by Gasteiger charge is 2.57. The molecule has 1 saturated heterocycles. The Morgan fingerprint density at radius 2 is 1.92 bits per heavy atom. The summed E-state index contributed by atoms with van der Waals surface area (Å²) in [6, 6.07) is 6.53.